The molecule has 0 aliphatic heterocycles. The molecule has 0 bridgehead atoms. The Morgan fingerprint density at radius 2 is 2.12 bits per heavy atom. The molecule has 1 heterocycles. The van der Waals surface area contributed by atoms with Crippen LogP contribution in [0.5, 0.6) is 0 Å². The Bertz CT molecular complexity index is 757. The standard InChI is InChI=1S/C17H23N3O3S/c1-11-6-7-14(16-18-12(2)9-23-16)8-15(11)19-17(21)20(4)13(3)10-24(5)22/h6-9,13H,10H2,1-5H3,(H,19,21)/t13-,24-/m1/s1. The summed E-state index contributed by atoms with van der Waals surface area (Å²) in [4.78, 5) is 18.3. The summed E-state index contributed by atoms with van der Waals surface area (Å²) in [6.07, 6.45) is 3.22. The second kappa shape index (κ2) is 7.61. The lowest BCUT2D eigenvalue weighted by Gasteiger charge is -2.25. The Balaban J connectivity index is 2.16. The van der Waals surface area contributed by atoms with Crippen LogP contribution in [0.1, 0.15) is 18.2 Å². The van der Waals surface area contributed by atoms with Gasteiger partial charge in [0.05, 0.1) is 5.69 Å². The van der Waals surface area contributed by atoms with Crippen molar-refractivity contribution in [2.24, 2.45) is 0 Å². The van der Waals surface area contributed by atoms with E-state index in [2.05, 4.69) is 10.3 Å². The van der Waals surface area contributed by atoms with Crippen molar-refractivity contribution >= 4 is 22.5 Å². The minimum atomic E-state index is -0.952. The summed E-state index contributed by atoms with van der Waals surface area (Å²) in [6, 6.07) is 5.30. The minimum absolute atomic E-state index is 0.117. The maximum absolute atomic E-state index is 12.4. The van der Waals surface area contributed by atoms with Gasteiger partial charge in [0.1, 0.15) is 6.26 Å². The summed E-state index contributed by atoms with van der Waals surface area (Å²) in [5.41, 5.74) is 3.24. The highest BCUT2D eigenvalue weighted by molar-refractivity contribution is 7.84. The van der Waals surface area contributed by atoms with Crippen molar-refractivity contribution in [2.75, 3.05) is 24.4 Å². The quantitative estimate of drug-likeness (QED) is 0.899. The first kappa shape index (κ1) is 18.2. The van der Waals surface area contributed by atoms with Gasteiger partial charge in [0.2, 0.25) is 5.89 Å². The molecule has 0 fully saturated rings. The molecule has 0 aliphatic carbocycles. The largest absolute Gasteiger partial charge is 0.444 e. The van der Waals surface area contributed by atoms with Crippen LogP contribution in [0.15, 0.2) is 28.9 Å². The molecule has 0 saturated heterocycles. The lowest BCUT2D eigenvalue weighted by atomic mass is 10.1. The van der Waals surface area contributed by atoms with E-state index in [1.54, 1.807) is 24.5 Å². The Morgan fingerprint density at radius 1 is 1.42 bits per heavy atom. The van der Waals surface area contributed by atoms with E-state index >= 15 is 0 Å². The molecule has 2 aromatic rings. The van der Waals surface area contributed by atoms with Crippen LogP contribution < -0.4 is 5.32 Å². The molecule has 0 unspecified atom stereocenters. The molecule has 1 aromatic carbocycles. The molecule has 0 aliphatic rings. The van der Waals surface area contributed by atoms with Crippen molar-refractivity contribution < 1.29 is 13.4 Å². The van der Waals surface area contributed by atoms with Crippen molar-refractivity contribution in [1.29, 1.82) is 0 Å². The van der Waals surface area contributed by atoms with E-state index < -0.39 is 10.8 Å². The first-order valence-corrected chi connectivity index (χ1v) is 9.37. The zero-order valence-corrected chi connectivity index (χ0v) is 15.4. The van der Waals surface area contributed by atoms with Crippen LogP contribution in [0, 0.1) is 13.8 Å². The molecular formula is C17H23N3O3S. The number of oxazole rings is 1. The van der Waals surface area contributed by atoms with Crippen molar-refractivity contribution in [3.63, 3.8) is 0 Å². The number of amides is 2. The Kier molecular flexibility index (Phi) is 5.77. The summed E-state index contributed by atoms with van der Waals surface area (Å²) in [6.45, 7) is 5.66. The van der Waals surface area contributed by atoms with E-state index in [0.717, 1.165) is 16.8 Å². The van der Waals surface area contributed by atoms with Gasteiger partial charge in [0.25, 0.3) is 0 Å². The fourth-order valence-electron chi connectivity index (χ4n) is 2.23. The second-order valence-corrected chi connectivity index (χ2v) is 7.43. The molecule has 0 saturated carbocycles. The predicted molar refractivity (Wildman–Crippen MR) is 96.6 cm³/mol. The van der Waals surface area contributed by atoms with Crippen LogP contribution in [-0.2, 0) is 10.8 Å². The van der Waals surface area contributed by atoms with Crippen LogP contribution in [0.4, 0.5) is 10.5 Å². The summed E-state index contributed by atoms with van der Waals surface area (Å²) < 4.78 is 16.7. The number of aryl methyl sites for hydroxylation is 2. The fourth-order valence-corrected chi connectivity index (χ4v) is 3.13. The lowest BCUT2D eigenvalue weighted by molar-refractivity contribution is 0.212. The molecule has 6 nitrogen and oxygen atoms in total. The molecule has 2 atom stereocenters. The molecule has 0 radical (unpaired) electrons. The van der Waals surface area contributed by atoms with Crippen molar-refractivity contribution in [3.8, 4) is 11.5 Å². The number of aromatic nitrogens is 1. The van der Waals surface area contributed by atoms with Gasteiger partial charge in [0, 0.05) is 47.1 Å². The highest BCUT2D eigenvalue weighted by Gasteiger charge is 2.18. The number of urea groups is 1. The van der Waals surface area contributed by atoms with Crippen LogP contribution in [0.2, 0.25) is 0 Å². The number of nitrogens with one attached hydrogen (secondary N) is 1. The van der Waals surface area contributed by atoms with Gasteiger partial charge in [0.15, 0.2) is 0 Å². The first-order chi connectivity index (χ1) is 11.3. The van der Waals surface area contributed by atoms with Gasteiger partial charge in [-0.3, -0.25) is 4.21 Å². The third-order valence-corrected chi connectivity index (χ3v) is 4.75. The maximum Gasteiger partial charge on any atom is 0.321 e. The number of hydrogen-bond donors (Lipinski definition) is 1. The summed E-state index contributed by atoms with van der Waals surface area (Å²) >= 11 is 0. The van der Waals surface area contributed by atoms with E-state index in [-0.39, 0.29) is 12.1 Å². The van der Waals surface area contributed by atoms with Gasteiger partial charge in [-0.25, -0.2) is 9.78 Å². The van der Waals surface area contributed by atoms with Crippen LogP contribution in [0.3, 0.4) is 0 Å². The maximum atomic E-state index is 12.4. The number of rotatable bonds is 5. The van der Waals surface area contributed by atoms with E-state index in [1.807, 2.05) is 39.0 Å². The zero-order chi connectivity index (χ0) is 17.9. The third-order valence-electron chi connectivity index (χ3n) is 3.80. The van der Waals surface area contributed by atoms with E-state index in [4.69, 9.17) is 4.42 Å². The number of hydrogen-bond acceptors (Lipinski definition) is 4. The van der Waals surface area contributed by atoms with Crippen LogP contribution >= 0.6 is 0 Å². The number of nitrogens with zero attached hydrogens (tertiary/aromatic N) is 2. The Morgan fingerprint density at radius 3 is 2.71 bits per heavy atom. The predicted octanol–water partition coefficient (Wildman–Crippen LogP) is 3.19. The number of carbonyl (C=O) groups excluding carboxylic acids is 1. The van der Waals surface area contributed by atoms with Crippen LogP contribution in [0.25, 0.3) is 11.5 Å². The number of anilines is 1. The fraction of sp³-hybridized carbons (Fsp3) is 0.412. The third kappa shape index (κ3) is 4.44. The molecule has 0 spiro atoms. The van der Waals surface area contributed by atoms with E-state index in [1.165, 1.54) is 0 Å². The zero-order valence-electron chi connectivity index (χ0n) is 14.6. The number of carbonyl (C=O) groups is 1. The molecular weight excluding hydrogens is 326 g/mol. The summed E-state index contributed by atoms with van der Waals surface area (Å²) in [5, 5.41) is 2.90. The molecule has 2 amide bonds. The summed E-state index contributed by atoms with van der Waals surface area (Å²) in [5.74, 6) is 0.963. The van der Waals surface area contributed by atoms with E-state index in [9.17, 15) is 9.00 Å². The molecule has 7 heteroatoms. The smallest absolute Gasteiger partial charge is 0.321 e. The van der Waals surface area contributed by atoms with Crippen molar-refractivity contribution in [1.82, 2.24) is 9.88 Å². The molecule has 1 N–H and O–H groups in total. The average Bonchev–Trinajstić information content (AvgIpc) is 2.94. The van der Waals surface area contributed by atoms with Gasteiger partial charge < -0.3 is 14.6 Å². The Labute approximate surface area is 144 Å². The van der Waals surface area contributed by atoms with Crippen molar-refractivity contribution in [2.45, 2.75) is 26.8 Å². The van der Waals surface area contributed by atoms with Gasteiger partial charge in [-0.2, -0.15) is 0 Å². The molecule has 1 aromatic heterocycles. The summed E-state index contributed by atoms with van der Waals surface area (Å²) in [7, 11) is 0.746. The highest BCUT2D eigenvalue weighted by atomic mass is 32.2. The Hall–Kier alpha value is -2.15. The normalized spacial score (nSPS) is 13.4. The monoisotopic (exact) mass is 349 g/mol. The van der Waals surface area contributed by atoms with E-state index in [0.29, 0.717) is 17.3 Å². The van der Waals surface area contributed by atoms with Gasteiger partial charge in [-0.15, -0.1) is 0 Å². The highest BCUT2D eigenvalue weighted by Crippen LogP contribution is 2.25. The minimum Gasteiger partial charge on any atom is -0.444 e. The van der Waals surface area contributed by atoms with Crippen molar-refractivity contribution in [3.05, 3.63) is 35.7 Å². The SMILES string of the molecule is Cc1coc(-c2ccc(C)c(NC(=O)N(C)[C@H](C)C[S@@](C)=O)c2)n1. The van der Waals surface area contributed by atoms with Gasteiger partial charge in [-0.1, -0.05) is 6.07 Å². The molecule has 2 rings (SSSR count). The lowest BCUT2D eigenvalue weighted by Crippen LogP contribution is -2.41. The first-order valence-electron chi connectivity index (χ1n) is 7.65. The van der Waals surface area contributed by atoms with Gasteiger partial charge >= 0.3 is 6.03 Å². The second-order valence-electron chi connectivity index (χ2n) is 5.95. The van der Waals surface area contributed by atoms with Crippen LogP contribution in [-0.4, -0.2) is 45.2 Å². The molecule has 130 valence electrons. The number of benzene rings is 1. The topological polar surface area (TPSA) is 75.4 Å². The average molecular weight is 349 g/mol. The van der Waals surface area contributed by atoms with Gasteiger partial charge in [-0.05, 0) is 38.5 Å². The molecule has 24 heavy (non-hydrogen) atoms.